The van der Waals surface area contributed by atoms with E-state index in [9.17, 15) is 4.79 Å². The minimum absolute atomic E-state index is 0.000781. The summed E-state index contributed by atoms with van der Waals surface area (Å²) in [6.45, 7) is 9.47. The number of aryl methyl sites for hydroxylation is 1. The molecule has 0 bridgehead atoms. The van der Waals surface area contributed by atoms with Crippen LogP contribution in [0.1, 0.15) is 55.2 Å². The number of hydrogen-bond donors (Lipinski definition) is 0. The van der Waals surface area contributed by atoms with Gasteiger partial charge in [0.2, 0.25) is 0 Å². The van der Waals surface area contributed by atoms with Crippen molar-refractivity contribution in [3.8, 4) is 0 Å². The Hall–Kier alpha value is -1.62. The van der Waals surface area contributed by atoms with Gasteiger partial charge in [-0.2, -0.15) is 4.99 Å². The van der Waals surface area contributed by atoms with Crippen LogP contribution in [0.25, 0.3) is 0 Å². The number of benzene rings is 1. The van der Waals surface area contributed by atoms with Crippen molar-refractivity contribution in [2.45, 2.75) is 52.5 Å². The lowest BCUT2D eigenvalue weighted by molar-refractivity contribution is 0.0996. The Balaban J connectivity index is 2.09. The highest BCUT2D eigenvalue weighted by Gasteiger charge is 2.26. The predicted octanol–water partition coefficient (Wildman–Crippen LogP) is 4.35. The van der Waals surface area contributed by atoms with E-state index in [1.165, 1.54) is 18.5 Å². The van der Waals surface area contributed by atoms with Crippen LogP contribution < -0.4 is 5.49 Å². The van der Waals surface area contributed by atoms with Crippen LogP contribution in [-0.4, -0.2) is 15.3 Å². The summed E-state index contributed by atoms with van der Waals surface area (Å²) in [7, 11) is 2.06. The minimum atomic E-state index is -0.203. The first-order valence-electron chi connectivity index (χ1n) is 8.80. The van der Waals surface area contributed by atoms with Crippen LogP contribution in [0, 0.1) is 12.8 Å². The van der Waals surface area contributed by atoms with E-state index in [1.54, 1.807) is 0 Å². The zero-order valence-electron chi connectivity index (χ0n) is 15.6. The van der Waals surface area contributed by atoms with Gasteiger partial charge in [0, 0.05) is 35.2 Å². The topological polar surface area (TPSA) is 39.3 Å². The molecular weight excluding hydrogens is 378 g/mol. The van der Waals surface area contributed by atoms with Crippen molar-refractivity contribution in [1.29, 1.82) is 0 Å². The van der Waals surface area contributed by atoms with Gasteiger partial charge in [-0.1, -0.05) is 32.9 Å². The summed E-state index contributed by atoms with van der Waals surface area (Å²) in [4.78, 5) is 17.3. The molecule has 0 atom stereocenters. The van der Waals surface area contributed by atoms with E-state index in [2.05, 4.69) is 64.2 Å². The van der Waals surface area contributed by atoms with Crippen LogP contribution in [0.3, 0.4) is 0 Å². The average molecular weight is 404 g/mol. The Morgan fingerprint density at radius 3 is 2.60 bits per heavy atom. The van der Waals surface area contributed by atoms with E-state index in [4.69, 9.17) is 0 Å². The van der Waals surface area contributed by atoms with Crippen LogP contribution in [-0.2, 0) is 19.0 Å². The smallest absolute Gasteiger partial charge is 0.280 e. The second-order valence-corrected chi connectivity index (χ2v) is 8.83. The molecule has 1 fully saturated rings. The highest BCUT2D eigenvalue weighted by Crippen LogP contribution is 2.31. The zero-order chi connectivity index (χ0) is 18.4. The molecule has 0 spiro atoms. The summed E-state index contributed by atoms with van der Waals surface area (Å²) in [6, 6.07) is 7.76. The lowest BCUT2D eigenvalue weighted by Gasteiger charge is -2.20. The standard InChI is InChI=1S/C20H26BrN3O/c1-13-7-6-8-15(18(13)21)19(25)22-17-11-16(20(2,3)4)23(5)24(17)12-14-9-10-14/h6-8,11,14H,9-10,12H2,1-5H3/b22-17+. The molecule has 25 heavy (non-hydrogen) atoms. The fraction of sp³-hybridized carbons (Fsp3) is 0.500. The van der Waals surface area contributed by atoms with Crippen molar-refractivity contribution in [2.24, 2.45) is 18.0 Å². The first-order chi connectivity index (χ1) is 11.7. The maximum atomic E-state index is 12.8. The zero-order valence-corrected chi connectivity index (χ0v) is 17.2. The van der Waals surface area contributed by atoms with Gasteiger partial charge in [0.1, 0.15) is 0 Å². The van der Waals surface area contributed by atoms with Gasteiger partial charge >= 0.3 is 0 Å². The van der Waals surface area contributed by atoms with Crippen LogP contribution in [0.15, 0.2) is 33.7 Å². The van der Waals surface area contributed by atoms with Crippen molar-refractivity contribution in [3.05, 3.63) is 51.0 Å². The molecule has 0 aliphatic heterocycles. The number of hydrogen-bond acceptors (Lipinski definition) is 1. The van der Waals surface area contributed by atoms with Crippen LogP contribution in [0.2, 0.25) is 0 Å². The number of carbonyl (C=O) groups is 1. The van der Waals surface area contributed by atoms with Gasteiger partial charge in [0.15, 0.2) is 5.49 Å². The van der Waals surface area contributed by atoms with Crippen LogP contribution >= 0.6 is 15.9 Å². The Bertz CT molecular complexity index is 879. The largest absolute Gasteiger partial charge is 0.291 e. The number of nitrogens with zero attached hydrogens (tertiary/aromatic N) is 3. The summed E-state index contributed by atoms with van der Waals surface area (Å²) in [5.41, 5.74) is 3.58. The van der Waals surface area contributed by atoms with Crippen molar-refractivity contribution in [2.75, 3.05) is 0 Å². The normalized spacial score (nSPS) is 15.7. The highest BCUT2D eigenvalue weighted by atomic mass is 79.9. The molecule has 1 amide bonds. The van der Waals surface area contributed by atoms with E-state index >= 15 is 0 Å². The second kappa shape index (κ2) is 6.60. The Morgan fingerprint density at radius 1 is 1.32 bits per heavy atom. The number of halogens is 1. The first-order valence-corrected chi connectivity index (χ1v) is 9.59. The van der Waals surface area contributed by atoms with Gasteiger partial charge in [-0.3, -0.25) is 14.2 Å². The quantitative estimate of drug-likeness (QED) is 0.750. The molecular formula is C20H26BrN3O. The SMILES string of the molecule is Cc1cccc(C(=O)/N=c2\cc(C(C)(C)C)n(C)n2CC2CC2)c1Br. The average Bonchev–Trinajstić information content (AvgIpc) is 3.28. The summed E-state index contributed by atoms with van der Waals surface area (Å²) in [6.07, 6.45) is 2.53. The molecule has 1 heterocycles. The van der Waals surface area contributed by atoms with E-state index in [-0.39, 0.29) is 11.3 Å². The molecule has 1 aliphatic carbocycles. The minimum Gasteiger partial charge on any atom is -0.291 e. The van der Waals surface area contributed by atoms with Gasteiger partial charge in [-0.15, -0.1) is 0 Å². The molecule has 5 heteroatoms. The van der Waals surface area contributed by atoms with Crippen molar-refractivity contribution in [1.82, 2.24) is 9.36 Å². The Kier molecular flexibility index (Phi) is 4.80. The number of amides is 1. The fourth-order valence-electron chi connectivity index (χ4n) is 3.10. The predicted molar refractivity (Wildman–Crippen MR) is 104 cm³/mol. The lowest BCUT2D eigenvalue weighted by atomic mass is 9.92. The molecule has 134 valence electrons. The van der Waals surface area contributed by atoms with Crippen LogP contribution in [0.4, 0.5) is 0 Å². The number of rotatable bonds is 3. The molecule has 0 unspecified atom stereocenters. The third-order valence-electron chi connectivity index (χ3n) is 4.78. The van der Waals surface area contributed by atoms with Gasteiger partial charge in [0.05, 0.1) is 5.56 Å². The Labute approximate surface area is 157 Å². The third-order valence-corrected chi connectivity index (χ3v) is 5.83. The molecule has 1 aromatic carbocycles. The summed E-state index contributed by atoms with van der Waals surface area (Å²) in [5, 5.41) is 0. The molecule has 1 saturated carbocycles. The van der Waals surface area contributed by atoms with E-state index in [0.717, 1.165) is 22.1 Å². The van der Waals surface area contributed by atoms with Gasteiger partial charge < -0.3 is 0 Å². The monoisotopic (exact) mass is 403 g/mol. The lowest BCUT2D eigenvalue weighted by Crippen LogP contribution is -2.26. The molecule has 4 nitrogen and oxygen atoms in total. The van der Waals surface area contributed by atoms with Gasteiger partial charge in [-0.25, -0.2) is 0 Å². The second-order valence-electron chi connectivity index (χ2n) is 8.04. The van der Waals surface area contributed by atoms with Crippen LogP contribution in [0.5, 0.6) is 0 Å². The molecule has 0 radical (unpaired) electrons. The molecule has 1 aliphatic rings. The molecule has 0 N–H and O–H groups in total. The maximum Gasteiger partial charge on any atom is 0.280 e. The van der Waals surface area contributed by atoms with E-state index in [1.807, 2.05) is 25.1 Å². The molecule has 3 rings (SSSR count). The maximum absolute atomic E-state index is 12.8. The van der Waals surface area contributed by atoms with E-state index < -0.39 is 0 Å². The van der Waals surface area contributed by atoms with E-state index in [0.29, 0.717) is 11.5 Å². The summed E-state index contributed by atoms with van der Waals surface area (Å²) >= 11 is 3.52. The number of aromatic nitrogens is 2. The summed E-state index contributed by atoms with van der Waals surface area (Å²) in [5.74, 6) is 0.507. The Morgan fingerprint density at radius 2 is 2.00 bits per heavy atom. The molecule has 2 aromatic rings. The first kappa shape index (κ1) is 18.2. The summed E-state index contributed by atoms with van der Waals surface area (Å²) < 4.78 is 5.14. The van der Waals surface area contributed by atoms with Gasteiger partial charge in [-0.05, 0) is 53.2 Å². The fourth-order valence-corrected chi connectivity index (χ4v) is 3.54. The van der Waals surface area contributed by atoms with Crippen molar-refractivity contribution < 1.29 is 4.79 Å². The van der Waals surface area contributed by atoms with Gasteiger partial charge in [0.25, 0.3) is 5.91 Å². The molecule has 1 aromatic heterocycles. The third kappa shape index (κ3) is 3.81. The number of carbonyl (C=O) groups excluding carboxylic acids is 1. The highest BCUT2D eigenvalue weighted by molar-refractivity contribution is 9.10. The van der Waals surface area contributed by atoms with Crippen molar-refractivity contribution >= 4 is 21.8 Å². The molecule has 0 saturated heterocycles. The van der Waals surface area contributed by atoms with Crippen molar-refractivity contribution in [3.63, 3.8) is 0 Å².